The molecule has 4 N–H and O–H groups in total. The van der Waals surface area contributed by atoms with Crippen LogP contribution in [0.15, 0.2) is 24.3 Å². The molecule has 0 aromatic heterocycles. The molecule has 0 saturated carbocycles. The van der Waals surface area contributed by atoms with Crippen LogP contribution in [-0.2, 0) is 11.2 Å². The predicted octanol–water partition coefficient (Wildman–Crippen LogP) is 0.642. The van der Waals surface area contributed by atoms with Crippen molar-refractivity contribution in [2.24, 2.45) is 11.5 Å². The molecule has 0 spiro atoms. The molecule has 92 valence electrons. The number of amides is 1. The number of nitrogens with zero attached hydrogens (tertiary/aromatic N) is 1. The normalized spacial score (nSPS) is 16.4. The molecule has 1 aromatic carbocycles. The first-order valence-electron chi connectivity index (χ1n) is 6.06. The highest BCUT2D eigenvalue weighted by Gasteiger charge is 2.17. The van der Waals surface area contributed by atoms with E-state index >= 15 is 0 Å². The quantitative estimate of drug-likeness (QED) is 0.801. The van der Waals surface area contributed by atoms with Crippen LogP contribution >= 0.6 is 0 Å². The summed E-state index contributed by atoms with van der Waals surface area (Å²) in [6, 6.07) is 7.87. The Morgan fingerprint density at radius 1 is 1.41 bits per heavy atom. The van der Waals surface area contributed by atoms with Gasteiger partial charge < -0.3 is 16.4 Å². The summed E-state index contributed by atoms with van der Waals surface area (Å²) in [6.07, 6.45) is 2.90. The monoisotopic (exact) mass is 233 g/mol. The van der Waals surface area contributed by atoms with Crippen molar-refractivity contribution in [2.75, 3.05) is 18.0 Å². The van der Waals surface area contributed by atoms with E-state index in [0.717, 1.165) is 25.9 Å². The van der Waals surface area contributed by atoms with E-state index in [1.165, 1.54) is 11.3 Å². The molecule has 0 bridgehead atoms. The van der Waals surface area contributed by atoms with Crippen molar-refractivity contribution in [3.63, 3.8) is 0 Å². The minimum Gasteiger partial charge on any atom is -0.371 e. The van der Waals surface area contributed by atoms with E-state index < -0.39 is 11.9 Å². The Morgan fingerprint density at radius 3 is 2.94 bits per heavy atom. The number of benzene rings is 1. The zero-order valence-corrected chi connectivity index (χ0v) is 9.93. The molecule has 1 heterocycles. The van der Waals surface area contributed by atoms with Crippen molar-refractivity contribution in [3.05, 3.63) is 29.8 Å². The van der Waals surface area contributed by atoms with Gasteiger partial charge in [-0.3, -0.25) is 4.79 Å². The fourth-order valence-electron chi connectivity index (χ4n) is 2.28. The summed E-state index contributed by atoms with van der Waals surface area (Å²) in [5, 5.41) is 0. The topological polar surface area (TPSA) is 72.3 Å². The third kappa shape index (κ3) is 2.77. The largest absolute Gasteiger partial charge is 0.371 e. The van der Waals surface area contributed by atoms with E-state index in [-0.39, 0.29) is 0 Å². The van der Waals surface area contributed by atoms with Gasteiger partial charge in [0, 0.05) is 18.8 Å². The Morgan fingerprint density at radius 2 is 2.18 bits per heavy atom. The molecule has 17 heavy (non-hydrogen) atoms. The molecule has 0 fully saturated rings. The fourth-order valence-corrected chi connectivity index (χ4v) is 2.28. The first-order chi connectivity index (χ1) is 8.18. The highest BCUT2D eigenvalue weighted by molar-refractivity contribution is 5.79. The van der Waals surface area contributed by atoms with Crippen LogP contribution in [0.5, 0.6) is 0 Å². The van der Waals surface area contributed by atoms with E-state index in [9.17, 15) is 4.79 Å². The maximum absolute atomic E-state index is 10.9. The van der Waals surface area contributed by atoms with Gasteiger partial charge in [-0.1, -0.05) is 18.2 Å². The average Bonchev–Trinajstić information content (AvgIpc) is 2.35. The third-order valence-corrected chi connectivity index (χ3v) is 3.28. The first-order valence-corrected chi connectivity index (χ1v) is 6.06. The van der Waals surface area contributed by atoms with Gasteiger partial charge in [0.05, 0.1) is 6.04 Å². The number of anilines is 1. The Balaban J connectivity index is 2.01. The number of aryl methyl sites for hydroxylation is 1. The Hall–Kier alpha value is -1.55. The molecule has 0 aliphatic carbocycles. The van der Waals surface area contributed by atoms with E-state index in [1.807, 2.05) is 6.07 Å². The summed E-state index contributed by atoms with van der Waals surface area (Å²) < 4.78 is 0. The summed E-state index contributed by atoms with van der Waals surface area (Å²) in [5.74, 6) is -0.421. The number of rotatable bonds is 4. The van der Waals surface area contributed by atoms with E-state index in [2.05, 4.69) is 23.1 Å². The van der Waals surface area contributed by atoms with Crippen LogP contribution in [0, 0.1) is 0 Å². The van der Waals surface area contributed by atoms with Crippen LogP contribution in [0.2, 0.25) is 0 Å². The van der Waals surface area contributed by atoms with E-state index in [0.29, 0.717) is 6.42 Å². The molecule has 2 rings (SSSR count). The highest BCUT2D eigenvalue weighted by atomic mass is 16.1. The van der Waals surface area contributed by atoms with Gasteiger partial charge in [-0.15, -0.1) is 0 Å². The maximum Gasteiger partial charge on any atom is 0.234 e. The zero-order valence-electron chi connectivity index (χ0n) is 9.93. The van der Waals surface area contributed by atoms with Gasteiger partial charge in [0.15, 0.2) is 0 Å². The molecule has 0 radical (unpaired) electrons. The van der Waals surface area contributed by atoms with Crippen LogP contribution < -0.4 is 16.4 Å². The molecule has 4 heteroatoms. The van der Waals surface area contributed by atoms with Crippen molar-refractivity contribution in [3.8, 4) is 0 Å². The minimum atomic E-state index is -0.538. The van der Waals surface area contributed by atoms with Gasteiger partial charge in [0.2, 0.25) is 5.91 Å². The molecule has 1 aliphatic heterocycles. The lowest BCUT2D eigenvalue weighted by molar-refractivity contribution is -0.119. The second-order valence-electron chi connectivity index (χ2n) is 4.52. The van der Waals surface area contributed by atoms with Gasteiger partial charge in [-0.05, 0) is 30.9 Å². The molecule has 1 atom stereocenters. The number of nitrogens with two attached hydrogens (primary N) is 2. The van der Waals surface area contributed by atoms with Crippen molar-refractivity contribution in [1.29, 1.82) is 0 Å². The Bertz CT molecular complexity index is 405. The number of hydrogen-bond donors (Lipinski definition) is 2. The second-order valence-corrected chi connectivity index (χ2v) is 4.52. The Kier molecular flexibility index (Phi) is 3.64. The number of carbonyl (C=O) groups excluding carboxylic acids is 1. The lowest BCUT2D eigenvalue weighted by Crippen LogP contribution is -2.40. The molecular weight excluding hydrogens is 214 g/mol. The smallest absolute Gasteiger partial charge is 0.234 e. The maximum atomic E-state index is 10.9. The fraction of sp³-hybridized carbons (Fsp3) is 0.462. The number of hydrogen-bond acceptors (Lipinski definition) is 3. The van der Waals surface area contributed by atoms with Crippen LogP contribution in [0.4, 0.5) is 5.69 Å². The van der Waals surface area contributed by atoms with E-state index in [4.69, 9.17) is 11.5 Å². The predicted molar refractivity (Wildman–Crippen MR) is 68.8 cm³/mol. The standard InChI is InChI=1S/C13H19N3O/c14-11(13(15)17)7-9-16-8-3-5-10-4-1-2-6-12(10)16/h1-2,4,6,11H,3,5,7-9,14H2,(H2,15,17). The van der Waals surface area contributed by atoms with Gasteiger partial charge in [0.1, 0.15) is 0 Å². The lowest BCUT2D eigenvalue weighted by atomic mass is 10.0. The Labute approximate surface area is 102 Å². The molecule has 1 unspecified atom stereocenters. The summed E-state index contributed by atoms with van der Waals surface area (Å²) in [4.78, 5) is 13.2. The second kappa shape index (κ2) is 5.19. The van der Waals surface area contributed by atoms with E-state index in [1.54, 1.807) is 0 Å². The zero-order chi connectivity index (χ0) is 12.3. The summed E-state index contributed by atoms with van der Waals surface area (Å²) in [6.45, 7) is 1.82. The summed E-state index contributed by atoms with van der Waals surface area (Å²) >= 11 is 0. The van der Waals surface area contributed by atoms with Crippen molar-refractivity contribution >= 4 is 11.6 Å². The van der Waals surface area contributed by atoms with Gasteiger partial charge >= 0.3 is 0 Å². The van der Waals surface area contributed by atoms with Gasteiger partial charge in [0.25, 0.3) is 0 Å². The summed E-state index contributed by atoms with van der Waals surface area (Å²) in [7, 11) is 0. The minimum absolute atomic E-state index is 0.421. The van der Waals surface area contributed by atoms with Crippen LogP contribution in [-0.4, -0.2) is 25.0 Å². The van der Waals surface area contributed by atoms with Crippen LogP contribution in [0.3, 0.4) is 0 Å². The average molecular weight is 233 g/mol. The number of para-hydroxylation sites is 1. The molecule has 0 saturated heterocycles. The number of fused-ring (bicyclic) bond motifs is 1. The molecule has 1 aromatic rings. The molecule has 1 aliphatic rings. The molecular formula is C13H19N3O. The van der Waals surface area contributed by atoms with Crippen molar-refractivity contribution in [1.82, 2.24) is 0 Å². The van der Waals surface area contributed by atoms with Crippen LogP contribution in [0.1, 0.15) is 18.4 Å². The van der Waals surface area contributed by atoms with Gasteiger partial charge in [-0.25, -0.2) is 0 Å². The molecule has 1 amide bonds. The first kappa shape index (κ1) is 11.9. The highest BCUT2D eigenvalue weighted by Crippen LogP contribution is 2.26. The number of carbonyl (C=O) groups is 1. The third-order valence-electron chi connectivity index (χ3n) is 3.28. The van der Waals surface area contributed by atoms with Crippen molar-refractivity contribution < 1.29 is 4.79 Å². The van der Waals surface area contributed by atoms with Crippen LogP contribution in [0.25, 0.3) is 0 Å². The lowest BCUT2D eigenvalue weighted by Gasteiger charge is -2.31. The SMILES string of the molecule is NC(=O)C(N)CCN1CCCc2ccccc21. The molecule has 4 nitrogen and oxygen atoms in total. The van der Waals surface area contributed by atoms with Gasteiger partial charge in [-0.2, -0.15) is 0 Å². The summed E-state index contributed by atoms with van der Waals surface area (Å²) in [5.41, 5.74) is 13.5. The van der Waals surface area contributed by atoms with Crippen molar-refractivity contribution in [2.45, 2.75) is 25.3 Å². The number of primary amides is 1.